The highest BCUT2D eigenvalue weighted by Gasteiger charge is 2.34. The molecule has 31 heavy (non-hydrogen) atoms. The van der Waals surface area contributed by atoms with Gasteiger partial charge < -0.3 is 19.7 Å². The Bertz CT molecular complexity index is 1190. The summed E-state index contributed by atoms with van der Waals surface area (Å²) in [6.45, 7) is 2.26. The smallest absolute Gasteiger partial charge is 0.312 e. The molecular formula is C22H22F2N4O3. The lowest BCUT2D eigenvalue weighted by atomic mass is 10.1. The minimum atomic E-state index is -0.960. The van der Waals surface area contributed by atoms with Gasteiger partial charge in [0.15, 0.2) is 17.3 Å². The third kappa shape index (κ3) is 3.56. The molecule has 1 unspecified atom stereocenters. The highest BCUT2D eigenvalue weighted by atomic mass is 19.1. The average Bonchev–Trinajstić information content (AvgIpc) is 3.10. The summed E-state index contributed by atoms with van der Waals surface area (Å²) in [5.74, 6) is 0.0590. The number of ether oxygens (including phenoxy) is 2. The Kier molecular flexibility index (Phi) is 5.26. The maximum atomic E-state index is 14.8. The number of aryl methyl sites for hydroxylation is 1. The van der Waals surface area contributed by atoms with Crippen LogP contribution in [0.4, 0.5) is 26.2 Å². The molecule has 0 spiro atoms. The molecule has 1 N–H and O–H groups in total. The summed E-state index contributed by atoms with van der Waals surface area (Å²) < 4.78 is 40.5. The molecule has 0 fully saturated rings. The lowest BCUT2D eigenvalue weighted by Crippen LogP contribution is -2.23. The van der Waals surface area contributed by atoms with Crippen molar-refractivity contribution in [1.82, 2.24) is 9.55 Å². The van der Waals surface area contributed by atoms with E-state index in [9.17, 15) is 13.6 Å². The van der Waals surface area contributed by atoms with Crippen LogP contribution in [0.3, 0.4) is 0 Å². The number of likely N-dealkylation sites (N-methyl/N-ethyl adjacent to an activating group) is 1. The van der Waals surface area contributed by atoms with Gasteiger partial charge in [-0.3, -0.25) is 9.36 Å². The van der Waals surface area contributed by atoms with Crippen molar-refractivity contribution in [2.24, 2.45) is 0 Å². The second-order valence-electron chi connectivity index (χ2n) is 7.34. The van der Waals surface area contributed by atoms with E-state index >= 15 is 0 Å². The second kappa shape index (κ2) is 7.90. The number of methoxy groups -OCH3 is 2. The highest BCUT2D eigenvalue weighted by molar-refractivity contribution is 5.66. The number of aromatic nitrogens is 2. The molecule has 1 aromatic heterocycles. The Morgan fingerprint density at radius 2 is 1.74 bits per heavy atom. The van der Waals surface area contributed by atoms with Crippen LogP contribution in [0.2, 0.25) is 0 Å². The van der Waals surface area contributed by atoms with Crippen molar-refractivity contribution < 1.29 is 18.3 Å². The van der Waals surface area contributed by atoms with Crippen LogP contribution >= 0.6 is 0 Å². The molecular weight excluding hydrogens is 406 g/mol. The maximum absolute atomic E-state index is 14.8. The van der Waals surface area contributed by atoms with Gasteiger partial charge in [0.1, 0.15) is 5.82 Å². The van der Waals surface area contributed by atoms with E-state index in [1.54, 1.807) is 47.9 Å². The molecule has 162 valence electrons. The predicted octanol–water partition coefficient (Wildman–Crippen LogP) is 3.63. The second-order valence-corrected chi connectivity index (χ2v) is 7.34. The van der Waals surface area contributed by atoms with Gasteiger partial charge in [-0.05, 0) is 36.2 Å². The first-order valence-corrected chi connectivity index (χ1v) is 9.62. The number of hydrogen-bond donors (Lipinski definition) is 1. The van der Waals surface area contributed by atoms with Crippen LogP contribution in [-0.2, 0) is 0 Å². The van der Waals surface area contributed by atoms with E-state index < -0.39 is 11.4 Å². The molecule has 2 heterocycles. The van der Waals surface area contributed by atoms with E-state index in [4.69, 9.17) is 9.47 Å². The predicted molar refractivity (Wildman–Crippen MR) is 114 cm³/mol. The fourth-order valence-corrected chi connectivity index (χ4v) is 3.84. The van der Waals surface area contributed by atoms with Gasteiger partial charge in [-0.25, -0.2) is 4.39 Å². The third-order valence-corrected chi connectivity index (χ3v) is 5.40. The summed E-state index contributed by atoms with van der Waals surface area (Å²) in [4.78, 5) is 17.9. The molecule has 1 atom stereocenters. The zero-order valence-electron chi connectivity index (χ0n) is 17.6. The van der Waals surface area contributed by atoms with E-state index in [0.717, 1.165) is 11.1 Å². The van der Waals surface area contributed by atoms with Crippen molar-refractivity contribution in [3.05, 3.63) is 69.5 Å². The number of fused-ring (bicyclic) bond motifs is 1. The summed E-state index contributed by atoms with van der Waals surface area (Å²) in [5.41, 5.74) is 1.25. The molecule has 0 radical (unpaired) electrons. The highest BCUT2D eigenvalue weighted by Crippen LogP contribution is 2.38. The van der Waals surface area contributed by atoms with E-state index in [-0.39, 0.29) is 23.6 Å². The zero-order valence-corrected chi connectivity index (χ0v) is 17.6. The summed E-state index contributed by atoms with van der Waals surface area (Å²) in [6.07, 6.45) is 0. The number of anilines is 3. The molecule has 0 bridgehead atoms. The molecule has 9 heteroatoms. The number of rotatable bonds is 5. The van der Waals surface area contributed by atoms with Crippen LogP contribution in [0.1, 0.15) is 17.2 Å². The first-order chi connectivity index (χ1) is 14.8. The van der Waals surface area contributed by atoms with Crippen molar-refractivity contribution in [3.63, 3.8) is 0 Å². The zero-order chi connectivity index (χ0) is 22.3. The van der Waals surface area contributed by atoms with E-state index in [1.165, 1.54) is 19.2 Å². The molecule has 1 aliphatic heterocycles. The van der Waals surface area contributed by atoms with Gasteiger partial charge in [0, 0.05) is 25.3 Å². The van der Waals surface area contributed by atoms with Gasteiger partial charge in [0.05, 0.1) is 20.3 Å². The van der Waals surface area contributed by atoms with E-state index in [1.807, 2.05) is 6.92 Å². The van der Waals surface area contributed by atoms with Gasteiger partial charge in [-0.1, -0.05) is 12.1 Å². The van der Waals surface area contributed by atoms with Gasteiger partial charge in [0.25, 0.3) is 0 Å². The summed E-state index contributed by atoms with van der Waals surface area (Å²) in [7, 11) is 4.76. The minimum absolute atomic E-state index is 0.120. The van der Waals surface area contributed by atoms with E-state index in [0.29, 0.717) is 23.7 Å². The van der Waals surface area contributed by atoms with Crippen molar-refractivity contribution in [1.29, 1.82) is 0 Å². The Morgan fingerprint density at radius 3 is 2.39 bits per heavy atom. The summed E-state index contributed by atoms with van der Waals surface area (Å²) in [5, 5.41) is 3.15. The molecule has 0 amide bonds. The molecule has 0 saturated carbocycles. The molecule has 3 aromatic rings. The first-order valence-electron chi connectivity index (χ1n) is 9.62. The van der Waals surface area contributed by atoms with Gasteiger partial charge in [-0.15, -0.1) is 0 Å². The van der Waals surface area contributed by atoms with Crippen LogP contribution in [0.5, 0.6) is 11.5 Å². The SMILES string of the molecule is COc1cc(C)c(Nc2nc(=O)c(F)c3n2C(c2ccc(F)cc2)CN3C)cc1OC. The summed E-state index contributed by atoms with van der Waals surface area (Å²) >= 11 is 0. The standard InChI is InChI=1S/C22H22F2N4O3/c1-12-9-17(30-3)18(31-4)10-15(12)25-22-26-20(29)19(24)21-27(2)11-16(28(21)22)13-5-7-14(23)8-6-13/h5-10,16H,11H2,1-4H3,(H,25,26,29). The van der Waals surface area contributed by atoms with Gasteiger partial charge in [0.2, 0.25) is 11.8 Å². The quantitative estimate of drug-likeness (QED) is 0.670. The first kappa shape index (κ1) is 20.6. The fraction of sp³-hybridized carbons (Fsp3) is 0.273. The van der Waals surface area contributed by atoms with Gasteiger partial charge in [-0.2, -0.15) is 9.37 Å². The van der Waals surface area contributed by atoms with Gasteiger partial charge >= 0.3 is 5.56 Å². The number of nitrogens with zero attached hydrogens (tertiary/aromatic N) is 3. The normalized spacial score (nSPS) is 15.0. The minimum Gasteiger partial charge on any atom is -0.493 e. The third-order valence-electron chi connectivity index (χ3n) is 5.40. The van der Waals surface area contributed by atoms with Crippen molar-refractivity contribution in [2.75, 3.05) is 38.0 Å². The van der Waals surface area contributed by atoms with Crippen LogP contribution in [-0.4, -0.2) is 37.4 Å². The fourth-order valence-electron chi connectivity index (χ4n) is 3.84. The Labute approximate surface area is 177 Å². The lowest BCUT2D eigenvalue weighted by Gasteiger charge is -2.20. The topological polar surface area (TPSA) is 68.6 Å². The molecule has 2 aromatic carbocycles. The van der Waals surface area contributed by atoms with Crippen molar-refractivity contribution in [2.45, 2.75) is 13.0 Å². The monoisotopic (exact) mass is 428 g/mol. The number of benzene rings is 2. The van der Waals surface area contributed by atoms with Crippen LogP contribution in [0.15, 0.2) is 41.2 Å². The number of nitrogens with one attached hydrogen (secondary N) is 1. The molecule has 7 nitrogen and oxygen atoms in total. The molecule has 4 rings (SSSR count). The number of halogens is 2. The Morgan fingerprint density at radius 1 is 1.10 bits per heavy atom. The molecule has 0 saturated heterocycles. The Balaban J connectivity index is 1.86. The van der Waals surface area contributed by atoms with Crippen LogP contribution in [0.25, 0.3) is 0 Å². The molecule has 0 aliphatic carbocycles. The summed E-state index contributed by atoms with van der Waals surface area (Å²) in [6, 6.07) is 9.14. The maximum Gasteiger partial charge on any atom is 0.312 e. The number of hydrogen-bond acceptors (Lipinski definition) is 6. The van der Waals surface area contributed by atoms with Crippen LogP contribution in [0, 0.1) is 18.6 Å². The largest absolute Gasteiger partial charge is 0.493 e. The molecule has 1 aliphatic rings. The van der Waals surface area contributed by atoms with Crippen molar-refractivity contribution >= 4 is 17.5 Å². The van der Waals surface area contributed by atoms with E-state index in [2.05, 4.69) is 10.3 Å². The van der Waals surface area contributed by atoms with Crippen molar-refractivity contribution in [3.8, 4) is 11.5 Å². The average molecular weight is 428 g/mol. The lowest BCUT2D eigenvalue weighted by molar-refractivity contribution is 0.355. The Hall–Kier alpha value is -3.62. The van der Waals surface area contributed by atoms with Crippen LogP contribution < -0.4 is 25.2 Å².